The Bertz CT molecular complexity index is 584. The lowest BCUT2D eigenvalue weighted by molar-refractivity contribution is 0.0991. The van der Waals surface area contributed by atoms with Crippen LogP contribution < -0.4 is 5.32 Å². The second-order valence-electron chi connectivity index (χ2n) is 3.70. The molecule has 7 nitrogen and oxygen atoms in total. The highest BCUT2D eigenvalue weighted by atomic mass is 79.9. The lowest BCUT2D eigenvalue weighted by atomic mass is 10.4. The number of nitrogens with zero attached hydrogens (tertiary/aromatic N) is 3. The molecule has 0 aliphatic heterocycles. The third-order valence-corrected chi connectivity index (χ3v) is 5.11. The maximum atomic E-state index is 12.1. The number of aromatic amines is 1. The van der Waals surface area contributed by atoms with Crippen LogP contribution in [-0.2, 0) is 0 Å². The van der Waals surface area contributed by atoms with E-state index in [1.54, 1.807) is 0 Å². The van der Waals surface area contributed by atoms with E-state index in [0.717, 1.165) is 4.90 Å². The normalized spacial score (nSPS) is 11.0. The van der Waals surface area contributed by atoms with Crippen molar-refractivity contribution in [3.05, 3.63) is 14.9 Å². The number of rotatable bonds is 4. The van der Waals surface area contributed by atoms with E-state index in [0.29, 0.717) is 14.4 Å². The Kier molecular flexibility index (Phi) is 4.63. The number of carbonyl (C=O) groups excluding carboxylic acids is 1. The van der Waals surface area contributed by atoms with Crippen molar-refractivity contribution in [1.29, 1.82) is 0 Å². The highest BCUT2D eigenvalue weighted by molar-refractivity contribution is 9.13. The van der Waals surface area contributed by atoms with Crippen molar-refractivity contribution in [3.8, 4) is 0 Å². The van der Waals surface area contributed by atoms with Crippen LogP contribution in [0.1, 0.15) is 24.4 Å². The van der Waals surface area contributed by atoms with Gasteiger partial charge in [0.1, 0.15) is 0 Å². The van der Waals surface area contributed by atoms with Gasteiger partial charge in [-0.25, -0.2) is 0 Å². The molecule has 2 aromatic heterocycles. The molecule has 10 heteroatoms. The zero-order valence-corrected chi connectivity index (χ0v) is 13.9. The molecule has 102 valence electrons. The van der Waals surface area contributed by atoms with Crippen LogP contribution in [0.5, 0.6) is 0 Å². The van der Waals surface area contributed by atoms with E-state index >= 15 is 0 Å². The number of nitrogens with one attached hydrogen (secondary N) is 2. The first-order valence-electron chi connectivity index (χ1n) is 5.18. The van der Waals surface area contributed by atoms with Gasteiger partial charge in [-0.3, -0.25) is 10.1 Å². The summed E-state index contributed by atoms with van der Waals surface area (Å²) < 4.78 is 6.59. The third kappa shape index (κ3) is 3.37. The maximum Gasteiger partial charge on any atom is 0.295 e. The van der Waals surface area contributed by atoms with Crippen LogP contribution in [0.4, 0.5) is 5.95 Å². The Morgan fingerprint density at radius 1 is 1.47 bits per heavy atom. The Hall–Kier alpha value is -0.870. The number of hydrogen-bond acceptors (Lipinski definition) is 6. The summed E-state index contributed by atoms with van der Waals surface area (Å²) in [4.78, 5) is 12.8. The van der Waals surface area contributed by atoms with Crippen LogP contribution in [0.2, 0.25) is 0 Å². The van der Waals surface area contributed by atoms with Gasteiger partial charge >= 0.3 is 0 Å². The van der Waals surface area contributed by atoms with Crippen molar-refractivity contribution in [3.63, 3.8) is 0 Å². The van der Waals surface area contributed by atoms with Gasteiger partial charge in [0.2, 0.25) is 5.76 Å². The SMILES string of the molecule is CC(C)Sc1c(C(=O)Nc2nn[nH]n2)oc(Br)c1Br. The van der Waals surface area contributed by atoms with Gasteiger partial charge in [-0.2, -0.15) is 5.21 Å². The summed E-state index contributed by atoms with van der Waals surface area (Å²) >= 11 is 8.15. The van der Waals surface area contributed by atoms with Gasteiger partial charge in [-0.05, 0) is 37.1 Å². The molecular weight excluding hydrogens is 402 g/mol. The minimum Gasteiger partial charge on any atom is -0.442 e. The van der Waals surface area contributed by atoms with Gasteiger partial charge in [0, 0.05) is 5.25 Å². The predicted octanol–water partition coefficient (Wildman–Crippen LogP) is 3.07. The van der Waals surface area contributed by atoms with Gasteiger partial charge in [0.15, 0.2) is 4.67 Å². The van der Waals surface area contributed by atoms with Gasteiger partial charge in [0.25, 0.3) is 11.9 Å². The summed E-state index contributed by atoms with van der Waals surface area (Å²) in [5.41, 5.74) is 0. The fourth-order valence-electron chi connectivity index (χ4n) is 1.23. The standard InChI is InChI=1S/C9H9Br2N5O2S/c1-3(2)19-6-4(10)7(11)18-5(6)8(17)12-9-13-15-16-14-9/h3H,1-2H3,(H2,12,13,14,15,16,17). The number of aromatic nitrogens is 4. The zero-order chi connectivity index (χ0) is 14.0. The third-order valence-electron chi connectivity index (χ3n) is 1.90. The second kappa shape index (κ2) is 6.06. The highest BCUT2D eigenvalue weighted by Crippen LogP contribution is 2.40. The number of thioether (sulfide) groups is 1. The molecule has 0 aromatic carbocycles. The molecule has 0 unspecified atom stereocenters. The minimum absolute atomic E-state index is 0.0918. The van der Waals surface area contributed by atoms with Crippen LogP contribution in [-0.4, -0.2) is 31.8 Å². The first kappa shape index (κ1) is 14.5. The lowest BCUT2D eigenvalue weighted by Crippen LogP contribution is -2.13. The number of H-pyrrole nitrogens is 1. The largest absolute Gasteiger partial charge is 0.442 e. The molecule has 0 atom stereocenters. The molecule has 1 amide bonds. The van der Waals surface area contributed by atoms with Gasteiger partial charge < -0.3 is 4.42 Å². The molecule has 19 heavy (non-hydrogen) atoms. The number of amides is 1. The Morgan fingerprint density at radius 3 is 2.79 bits per heavy atom. The van der Waals surface area contributed by atoms with Crippen LogP contribution in [0.25, 0.3) is 0 Å². The predicted molar refractivity (Wildman–Crippen MR) is 77.2 cm³/mol. The van der Waals surface area contributed by atoms with Crippen molar-refractivity contribution in [2.75, 3.05) is 5.32 Å². The number of hydrogen-bond donors (Lipinski definition) is 2. The molecule has 2 heterocycles. The summed E-state index contributed by atoms with van der Waals surface area (Å²) in [6.07, 6.45) is 0. The number of anilines is 1. The highest BCUT2D eigenvalue weighted by Gasteiger charge is 2.24. The van der Waals surface area contributed by atoms with E-state index in [9.17, 15) is 4.79 Å². The first-order valence-corrected chi connectivity index (χ1v) is 7.64. The first-order chi connectivity index (χ1) is 8.99. The van der Waals surface area contributed by atoms with E-state index in [-0.39, 0.29) is 11.7 Å². The molecular formula is C9H9Br2N5O2S. The van der Waals surface area contributed by atoms with Gasteiger partial charge in [-0.15, -0.1) is 16.9 Å². The molecule has 0 aliphatic carbocycles. The molecule has 0 saturated heterocycles. The fraction of sp³-hybridized carbons (Fsp3) is 0.333. The summed E-state index contributed by atoms with van der Waals surface area (Å²) in [5, 5.41) is 15.7. The molecule has 0 radical (unpaired) electrons. The zero-order valence-electron chi connectivity index (χ0n) is 9.90. The summed E-state index contributed by atoms with van der Waals surface area (Å²) in [7, 11) is 0. The van der Waals surface area contributed by atoms with E-state index in [4.69, 9.17) is 4.42 Å². The fourth-order valence-corrected chi connectivity index (χ4v) is 3.17. The molecule has 0 bridgehead atoms. The quantitative estimate of drug-likeness (QED) is 0.751. The molecule has 0 aliphatic rings. The molecule has 2 aromatic rings. The van der Waals surface area contributed by atoms with E-state index in [1.807, 2.05) is 13.8 Å². The summed E-state index contributed by atoms with van der Waals surface area (Å²) in [6, 6.07) is 0. The van der Waals surface area contributed by atoms with Crippen molar-refractivity contribution in [1.82, 2.24) is 20.6 Å². The molecule has 2 N–H and O–H groups in total. The van der Waals surface area contributed by atoms with Crippen LogP contribution in [0, 0.1) is 0 Å². The van der Waals surface area contributed by atoms with Gasteiger partial charge in [-0.1, -0.05) is 18.9 Å². The second-order valence-corrected chi connectivity index (χ2v) is 6.80. The van der Waals surface area contributed by atoms with Gasteiger partial charge in [0.05, 0.1) is 9.37 Å². The van der Waals surface area contributed by atoms with E-state index in [1.165, 1.54) is 11.8 Å². The minimum atomic E-state index is -0.434. The average Bonchev–Trinajstić information content (AvgIpc) is 2.92. The number of furan rings is 1. The molecule has 2 rings (SSSR count). The summed E-state index contributed by atoms with van der Waals surface area (Å²) in [6.45, 7) is 4.05. The van der Waals surface area contributed by atoms with Crippen molar-refractivity contribution < 1.29 is 9.21 Å². The Morgan fingerprint density at radius 2 is 2.21 bits per heavy atom. The number of halogens is 2. The van der Waals surface area contributed by atoms with Crippen LogP contribution in [0.3, 0.4) is 0 Å². The Balaban J connectivity index is 2.28. The van der Waals surface area contributed by atoms with Crippen LogP contribution in [0.15, 0.2) is 18.5 Å². The average molecular weight is 411 g/mol. The maximum absolute atomic E-state index is 12.1. The van der Waals surface area contributed by atoms with Crippen molar-refractivity contribution in [2.45, 2.75) is 24.0 Å². The lowest BCUT2D eigenvalue weighted by Gasteiger charge is -2.05. The number of carbonyl (C=O) groups is 1. The Labute approximate surface area is 129 Å². The summed E-state index contributed by atoms with van der Waals surface area (Å²) in [5.74, 6) is -0.146. The van der Waals surface area contributed by atoms with Crippen molar-refractivity contribution in [2.24, 2.45) is 0 Å². The topological polar surface area (TPSA) is 96.7 Å². The smallest absolute Gasteiger partial charge is 0.295 e. The molecule has 0 spiro atoms. The number of tetrazole rings is 1. The molecule has 0 saturated carbocycles. The van der Waals surface area contributed by atoms with Crippen LogP contribution >= 0.6 is 43.6 Å². The monoisotopic (exact) mass is 409 g/mol. The van der Waals surface area contributed by atoms with Crippen molar-refractivity contribution >= 4 is 55.5 Å². The molecule has 0 fully saturated rings. The van der Waals surface area contributed by atoms with E-state index < -0.39 is 5.91 Å². The van der Waals surface area contributed by atoms with E-state index in [2.05, 4.69) is 57.8 Å².